The van der Waals surface area contributed by atoms with Crippen LogP contribution >= 0.6 is 27.3 Å². The fourth-order valence-electron chi connectivity index (χ4n) is 2.78. The molecule has 1 N–H and O–H groups in total. The summed E-state index contributed by atoms with van der Waals surface area (Å²) in [6, 6.07) is 2.78. The first-order chi connectivity index (χ1) is 13.6. The fourth-order valence-corrected chi connectivity index (χ4v) is 5.21. The fraction of sp³-hybridized carbons (Fsp3) is 0.556. The monoisotopic (exact) mass is 506 g/mol. The van der Waals surface area contributed by atoms with E-state index in [1.54, 1.807) is 18.0 Å². The average molecular weight is 507 g/mol. The molecule has 1 fully saturated rings. The Morgan fingerprint density at radius 1 is 1.34 bits per heavy atom. The Bertz CT molecular complexity index is 854. The SMILES string of the molecule is CN(C)CCN(C)C(=O)CN1CCC[C@H](NS(=O)(=O)C=Cc2ccc(Br)s2)C1=O. The second kappa shape index (κ2) is 10.7. The van der Waals surface area contributed by atoms with Gasteiger partial charge in [-0.2, -0.15) is 4.72 Å². The molecule has 1 aliphatic heterocycles. The lowest BCUT2D eigenvalue weighted by atomic mass is 10.1. The summed E-state index contributed by atoms with van der Waals surface area (Å²) in [6.45, 7) is 1.70. The molecule has 2 rings (SSSR count). The Morgan fingerprint density at radius 2 is 2.07 bits per heavy atom. The summed E-state index contributed by atoms with van der Waals surface area (Å²) >= 11 is 4.74. The maximum absolute atomic E-state index is 12.7. The number of halogens is 1. The van der Waals surface area contributed by atoms with Crippen molar-refractivity contribution >= 4 is 55.2 Å². The molecular formula is C18H27BrN4O4S2. The molecule has 1 aromatic rings. The van der Waals surface area contributed by atoms with Crippen molar-refractivity contribution < 1.29 is 18.0 Å². The van der Waals surface area contributed by atoms with E-state index in [4.69, 9.17) is 0 Å². The molecule has 0 spiro atoms. The largest absolute Gasteiger partial charge is 0.343 e. The number of rotatable bonds is 9. The number of amides is 2. The predicted octanol–water partition coefficient (Wildman–Crippen LogP) is 1.41. The smallest absolute Gasteiger partial charge is 0.241 e. The number of likely N-dealkylation sites (tertiary alicyclic amines) is 1. The molecule has 2 amide bonds. The van der Waals surface area contributed by atoms with Gasteiger partial charge in [-0.05, 0) is 61.1 Å². The highest BCUT2D eigenvalue weighted by molar-refractivity contribution is 9.11. The molecule has 0 aromatic carbocycles. The normalized spacial score (nSPS) is 18.0. The van der Waals surface area contributed by atoms with Crippen LogP contribution in [-0.2, 0) is 19.6 Å². The molecule has 1 aliphatic rings. The Balaban J connectivity index is 1.94. The summed E-state index contributed by atoms with van der Waals surface area (Å²) in [7, 11) is 1.78. The molecule has 29 heavy (non-hydrogen) atoms. The highest BCUT2D eigenvalue weighted by Crippen LogP contribution is 2.23. The van der Waals surface area contributed by atoms with E-state index in [2.05, 4.69) is 20.7 Å². The first kappa shape index (κ1) is 24.0. The van der Waals surface area contributed by atoms with Crippen LogP contribution in [0.4, 0.5) is 0 Å². The van der Waals surface area contributed by atoms with Crippen molar-refractivity contribution in [1.82, 2.24) is 19.4 Å². The van der Waals surface area contributed by atoms with E-state index in [1.807, 2.05) is 25.1 Å². The highest BCUT2D eigenvalue weighted by atomic mass is 79.9. The van der Waals surface area contributed by atoms with Crippen LogP contribution in [0.3, 0.4) is 0 Å². The van der Waals surface area contributed by atoms with Crippen molar-refractivity contribution in [3.05, 3.63) is 26.2 Å². The summed E-state index contributed by atoms with van der Waals surface area (Å²) in [5.41, 5.74) is 0. The van der Waals surface area contributed by atoms with E-state index in [0.717, 1.165) is 20.6 Å². The number of hydrogen-bond donors (Lipinski definition) is 1. The van der Waals surface area contributed by atoms with Crippen molar-refractivity contribution in [1.29, 1.82) is 0 Å². The lowest BCUT2D eigenvalue weighted by Gasteiger charge is -2.33. The number of hydrogen-bond acceptors (Lipinski definition) is 6. The number of sulfonamides is 1. The summed E-state index contributed by atoms with van der Waals surface area (Å²) in [5, 5.41) is 1.07. The molecule has 1 saturated heterocycles. The first-order valence-electron chi connectivity index (χ1n) is 9.20. The van der Waals surface area contributed by atoms with E-state index < -0.39 is 16.1 Å². The number of piperidine rings is 1. The Morgan fingerprint density at radius 3 is 2.69 bits per heavy atom. The van der Waals surface area contributed by atoms with Gasteiger partial charge in [0.15, 0.2) is 0 Å². The second-order valence-electron chi connectivity index (χ2n) is 7.18. The van der Waals surface area contributed by atoms with E-state index in [1.165, 1.54) is 22.3 Å². The molecule has 0 aliphatic carbocycles. The average Bonchev–Trinajstić information content (AvgIpc) is 3.06. The number of thiophene rings is 1. The van der Waals surface area contributed by atoms with Crippen LogP contribution in [0.1, 0.15) is 17.7 Å². The van der Waals surface area contributed by atoms with Gasteiger partial charge >= 0.3 is 0 Å². The van der Waals surface area contributed by atoms with Crippen molar-refractivity contribution in [2.24, 2.45) is 0 Å². The summed E-state index contributed by atoms with van der Waals surface area (Å²) in [4.78, 5) is 30.9. The third-order valence-electron chi connectivity index (χ3n) is 4.48. The predicted molar refractivity (Wildman–Crippen MR) is 119 cm³/mol. The van der Waals surface area contributed by atoms with E-state index in [9.17, 15) is 18.0 Å². The van der Waals surface area contributed by atoms with E-state index in [0.29, 0.717) is 25.9 Å². The van der Waals surface area contributed by atoms with Crippen molar-refractivity contribution in [3.8, 4) is 0 Å². The van der Waals surface area contributed by atoms with E-state index >= 15 is 0 Å². The van der Waals surface area contributed by atoms with Gasteiger partial charge in [0.05, 0.1) is 10.3 Å². The van der Waals surface area contributed by atoms with Gasteiger partial charge in [-0.25, -0.2) is 8.42 Å². The zero-order valence-electron chi connectivity index (χ0n) is 16.8. The van der Waals surface area contributed by atoms with Gasteiger partial charge in [-0.15, -0.1) is 11.3 Å². The zero-order valence-corrected chi connectivity index (χ0v) is 20.0. The third-order valence-corrected chi connectivity index (χ3v) is 7.17. The van der Waals surface area contributed by atoms with Gasteiger partial charge in [-0.1, -0.05) is 0 Å². The Hall–Kier alpha value is -1.27. The second-order valence-corrected chi connectivity index (χ2v) is 11.3. The highest BCUT2D eigenvalue weighted by Gasteiger charge is 2.32. The van der Waals surface area contributed by atoms with Crippen LogP contribution in [0.5, 0.6) is 0 Å². The molecule has 2 heterocycles. The van der Waals surface area contributed by atoms with Crippen LogP contribution in [0.15, 0.2) is 21.3 Å². The van der Waals surface area contributed by atoms with Crippen LogP contribution in [0.25, 0.3) is 6.08 Å². The van der Waals surface area contributed by atoms with Crippen LogP contribution < -0.4 is 4.72 Å². The number of nitrogens with zero attached hydrogens (tertiary/aromatic N) is 3. The minimum Gasteiger partial charge on any atom is -0.343 e. The van der Waals surface area contributed by atoms with Crippen molar-refractivity contribution in [2.75, 3.05) is 47.3 Å². The molecule has 0 saturated carbocycles. The zero-order chi connectivity index (χ0) is 21.6. The number of nitrogens with one attached hydrogen (secondary N) is 1. The third kappa shape index (κ3) is 7.82. The molecule has 0 unspecified atom stereocenters. The molecule has 0 radical (unpaired) electrons. The van der Waals surface area contributed by atoms with Crippen LogP contribution in [0, 0.1) is 0 Å². The molecule has 11 heteroatoms. The molecular weight excluding hydrogens is 480 g/mol. The number of carbonyl (C=O) groups is 2. The number of likely N-dealkylation sites (N-methyl/N-ethyl adjacent to an activating group) is 2. The van der Waals surface area contributed by atoms with Gasteiger partial charge < -0.3 is 14.7 Å². The minimum absolute atomic E-state index is 0.0416. The minimum atomic E-state index is -3.78. The summed E-state index contributed by atoms with van der Waals surface area (Å²) in [6.07, 6.45) is 2.54. The van der Waals surface area contributed by atoms with Crippen molar-refractivity contribution in [3.63, 3.8) is 0 Å². The Labute approximate surface area is 184 Å². The topological polar surface area (TPSA) is 90.0 Å². The van der Waals surface area contributed by atoms with Gasteiger partial charge in [-0.3, -0.25) is 9.59 Å². The lowest BCUT2D eigenvalue weighted by molar-refractivity contribution is -0.142. The maximum atomic E-state index is 12.7. The molecule has 1 aromatic heterocycles. The van der Waals surface area contributed by atoms with Gasteiger partial charge in [0.25, 0.3) is 0 Å². The van der Waals surface area contributed by atoms with Crippen LogP contribution in [0.2, 0.25) is 0 Å². The summed E-state index contributed by atoms with van der Waals surface area (Å²) in [5.74, 6) is -0.520. The maximum Gasteiger partial charge on any atom is 0.241 e. The summed E-state index contributed by atoms with van der Waals surface area (Å²) < 4.78 is 28.1. The Kier molecular flexibility index (Phi) is 8.83. The quantitative estimate of drug-likeness (QED) is 0.546. The van der Waals surface area contributed by atoms with Crippen molar-refractivity contribution in [2.45, 2.75) is 18.9 Å². The van der Waals surface area contributed by atoms with Crippen LogP contribution in [-0.4, -0.2) is 88.3 Å². The standard InChI is InChI=1S/C18H27BrN4O4S2/c1-21(2)10-11-22(3)17(24)13-23-9-4-5-15(18(23)25)20-29(26,27)12-8-14-6-7-16(19)28-14/h6-8,12,15,20H,4-5,9-11,13H2,1-3H3/t15-/m0/s1. The molecule has 8 nitrogen and oxygen atoms in total. The first-order valence-corrected chi connectivity index (χ1v) is 12.4. The molecule has 162 valence electrons. The van der Waals surface area contributed by atoms with Gasteiger partial charge in [0.1, 0.15) is 6.04 Å². The van der Waals surface area contributed by atoms with Gasteiger partial charge in [0, 0.05) is 37.0 Å². The molecule has 0 bridgehead atoms. The van der Waals surface area contributed by atoms with Gasteiger partial charge in [0.2, 0.25) is 21.8 Å². The van der Waals surface area contributed by atoms with E-state index in [-0.39, 0.29) is 18.4 Å². The molecule has 1 atom stereocenters. The lowest BCUT2D eigenvalue weighted by Crippen LogP contribution is -2.54. The number of carbonyl (C=O) groups excluding carboxylic acids is 2.